The number of hydrogen-bond donors (Lipinski definition) is 0. The maximum absolute atomic E-state index is 5.05. The van der Waals surface area contributed by atoms with Crippen LogP contribution in [0.4, 0.5) is 0 Å². The molecule has 0 fully saturated rings. The lowest BCUT2D eigenvalue weighted by atomic mass is 9.99. The van der Waals surface area contributed by atoms with E-state index >= 15 is 0 Å². The fourth-order valence-electron chi connectivity index (χ4n) is 7.76. The van der Waals surface area contributed by atoms with Crippen LogP contribution in [-0.2, 0) is 0 Å². The molecule has 6 heteroatoms. The van der Waals surface area contributed by atoms with Crippen molar-refractivity contribution in [1.82, 2.24) is 24.5 Å². The van der Waals surface area contributed by atoms with Crippen molar-refractivity contribution in [1.29, 1.82) is 0 Å². The second kappa shape index (κ2) is 13.2. The number of aromatic nitrogens is 5. The van der Waals surface area contributed by atoms with Gasteiger partial charge >= 0.3 is 0 Å². The summed E-state index contributed by atoms with van der Waals surface area (Å²) in [7, 11) is 0. The molecule has 8 aromatic carbocycles. The molecule has 0 amide bonds. The molecular formula is C50H31N5S. The van der Waals surface area contributed by atoms with Crippen LogP contribution in [-0.4, -0.2) is 24.5 Å². The molecule has 0 aliphatic rings. The second-order valence-corrected chi connectivity index (χ2v) is 14.9. The quantitative estimate of drug-likeness (QED) is 0.171. The summed E-state index contributed by atoms with van der Waals surface area (Å²) >= 11 is 1.75. The molecular weight excluding hydrogens is 703 g/mol. The molecule has 0 spiro atoms. The topological polar surface area (TPSA) is 56.5 Å². The lowest BCUT2D eigenvalue weighted by Gasteiger charge is -2.11. The number of nitrogens with zero attached hydrogens (tertiary/aromatic N) is 5. The minimum absolute atomic E-state index is 0.646. The predicted octanol–water partition coefficient (Wildman–Crippen LogP) is 13.1. The molecule has 0 bridgehead atoms. The van der Waals surface area contributed by atoms with E-state index in [4.69, 9.17) is 19.9 Å². The zero-order chi connectivity index (χ0) is 37.0. The van der Waals surface area contributed by atoms with E-state index in [0.717, 1.165) is 44.0 Å². The Bertz CT molecular complexity index is 3150. The monoisotopic (exact) mass is 733 g/mol. The molecule has 11 rings (SSSR count). The smallest absolute Gasteiger partial charge is 0.164 e. The summed E-state index contributed by atoms with van der Waals surface area (Å²) in [6.45, 7) is 0. The Labute approximate surface area is 326 Å². The lowest BCUT2D eigenvalue weighted by Crippen LogP contribution is -2.00. The third-order valence-corrected chi connectivity index (χ3v) is 11.5. The molecule has 3 heterocycles. The van der Waals surface area contributed by atoms with Crippen LogP contribution in [0.2, 0.25) is 0 Å². The van der Waals surface area contributed by atoms with Crippen molar-refractivity contribution in [2.75, 3.05) is 0 Å². The molecule has 3 aromatic heterocycles. The number of thiazole rings is 1. The normalized spacial score (nSPS) is 11.6. The number of fused-ring (bicyclic) bond motifs is 5. The van der Waals surface area contributed by atoms with Crippen LogP contribution >= 0.6 is 11.3 Å². The van der Waals surface area contributed by atoms with Crippen LogP contribution in [0, 0.1) is 0 Å². The summed E-state index contributed by atoms with van der Waals surface area (Å²) in [4.78, 5) is 19.7. The van der Waals surface area contributed by atoms with Crippen LogP contribution < -0.4 is 0 Å². The van der Waals surface area contributed by atoms with E-state index in [9.17, 15) is 0 Å². The van der Waals surface area contributed by atoms with E-state index in [2.05, 4.69) is 132 Å². The van der Waals surface area contributed by atoms with Crippen molar-refractivity contribution in [3.8, 4) is 61.5 Å². The van der Waals surface area contributed by atoms with E-state index in [-0.39, 0.29) is 0 Å². The molecule has 56 heavy (non-hydrogen) atoms. The van der Waals surface area contributed by atoms with Crippen LogP contribution in [0.5, 0.6) is 0 Å². The van der Waals surface area contributed by atoms with Gasteiger partial charge in [-0.1, -0.05) is 146 Å². The van der Waals surface area contributed by atoms with Crippen molar-refractivity contribution < 1.29 is 0 Å². The Hall–Kier alpha value is -7.28. The van der Waals surface area contributed by atoms with Gasteiger partial charge in [-0.3, -0.25) is 0 Å². The molecule has 0 aliphatic heterocycles. The highest BCUT2D eigenvalue weighted by Crippen LogP contribution is 2.41. The van der Waals surface area contributed by atoms with Gasteiger partial charge in [-0.15, -0.1) is 11.3 Å². The van der Waals surface area contributed by atoms with Crippen molar-refractivity contribution in [2.45, 2.75) is 0 Å². The van der Waals surface area contributed by atoms with Gasteiger partial charge < -0.3 is 4.57 Å². The molecule has 0 N–H and O–H groups in total. The van der Waals surface area contributed by atoms with Crippen LogP contribution in [0.15, 0.2) is 188 Å². The van der Waals surface area contributed by atoms with Gasteiger partial charge in [-0.2, -0.15) is 0 Å². The molecule has 0 unspecified atom stereocenters. The average Bonchev–Trinajstić information content (AvgIpc) is 3.86. The third-order valence-electron chi connectivity index (χ3n) is 10.5. The predicted molar refractivity (Wildman–Crippen MR) is 232 cm³/mol. The van der Waals surface area contributed by atoms with Crippen LogP contribution in [0.1, 0.15) is 0 Å². The van der Waals surface area contributed by atoms with Gasteiger partial charge in [0.25, 0.3) is 0 Å². The fraction of sp³-hybridized carbons (Fsp3) is 0. The molecule has 0 atom stereocenters. The Morgan fingerprint density at radius 1 is 0.393 bits per heavy atom. The first-order chi connectivity index (χ1) is 27.7. The Balaban J connectivity index is 0.951. The Morgan fingerprint density at radius 3 is 1.70 bits per heavy atom. The standard InChI is InChI=1S/C50H31N5S/c1-3-12-33(13-4-1)47-52-48(34-14-5-2-6-15-34)54-49(53-47)35-24-22-32(23-25-35)36-26-27-38-31-39(29-28-37(38)30-36)55-43-19-9-7-16-40(43)46-41(17-11-20-44(46)55)50-51-42-18-8-10-21-45(42)56-50/h1-31H. The van der Waals surface area contributed by atoms with Gasteiger partial charge in [0.2, 0.25) is 0 Å². The zero-order valence-corrected chi connectivity index (χ0v) is 30.9. The molecule has 0 aliphatic carbocycles. The highest BCUT2D eigenvalue weighted by atomic mass is 32.1. The van der Waals surface area contributed by atoms with Crippen molar-refractivity contribution >= 4 is 54.1 Å². The average molecular weight is 734 g/mol. The lowest BCUT2D eigenvalue weighted by molar-refractivity contribution is 1.07. The first-order valence-corrected chi connectivity index (χ1v) is 19.5. The zero-order valence-electron chi connectivity index (χ0n) is 30.0. The van der Waals surface area contributed by atoms with E-state index in [0.29, 0.717) is 17.5 Å². The van der Waals surface area contributed by atoms with Crippen LogP contribution in [0.3, 0.4) is 0 Å². The molecule has 11 aromatic rings. The molecule has 0 radical (unpaired) electrons. The molecule has 0 saturated carbocycles. The maximum Gasteiger partial charge on any atom is 0.164 e. The van der Waals surface area contributed by atoms with Gasteiger partial charge in [0.15, 0.2) is 17.5 Å². The second-order valence-electron chi connectivity index (χ2n) is 13.9. The minimum atomic E-state index is 0.646. The first kappa shape index (κ1) is 32.2. The van der Waals surface area contributed by atoms with Gasteiger partial charge in [0.05, 0.1) is 21.3 Å². The molecule has 0 saturated heterocycles. The van der Waals surface area contributed by atoms with Crippen molar-refractivity contribution in [3.63, 3.8) is 0 Å². The van der Waals surface area contributed by atoms with E-state index in [1.54, 1.807) is 11.3 Å². The Morgan fingerprint density at radius 2 is 0.964 bits per heavy atom. The fourth-order valence-corrected chi connectivity index (χ4v) is 8.76. The number of rotatable bonds is 6. The highest BCUT2D eigenvalue weighted by Gasteiger charge is 2.18. The summed E-state index contributed by atoms with van der Waals surface area (Å²) in [5, 5.41) is 5.86. The van der Waals surface area contributed by atoms with Gasteiger partial charge in [-0.05, 0) is 64.4 Å². The van der Waals surface area contributed by atoms with Gasteiger partial charge in [0, 0.05) is 38.7 Å². The summed E-state index contributed by atoms with van der Waals surface area (Å²) in [6.07, 6.45) is 0. The van der Waals surface area contributed by atoms with E-state index < -0.39 is 0 Å². The highest BCUT2D eigenvalue weighted by molar-refractivity contribution is 7.21. The molecule has 262 valence electrons. The minimum Gasteiger partial charge on any atom is -0.309 e. The largest absolute Gasteiger partial charge is 0.309 e. The van der Waals surface area contributed by atoms with E-state index in [1.807, 2.05) is 60.7 Å². The van der Waals surface area contributed by atoms with Crippen LogP contribution in [0.25, 0.3) is 104 Å². The number of benzene rings is 8. The number of hydrogen-bond acceptors (Lipinski definition) is 5. The summed E-state index contributed by atoms with van der Waals surface area (Å²) in [6, 6.07) is 65.8. The van der Waals surface area contributed by atoms with Crippen molar-refractivity contribution in [2.24, 2.45) is 0 Å². The summed E-state index contributed by atoms with van der Waals surface area (Å²) < 4.78 is 3.59. The van der Waals surface area contributed by atoms with E-state index in [1.165, 1.54) is 42.8 Å². The van der Waals surface area contributed by atoms with Gasteiger partial charge in [0.1, 0.15) is 5.01 Å². The van der Waals surface area contributed by atoms with Crippen molar-refractivity contribution in [3.05, 3.63) is 188 Å². The SMILES string of the molecule is c1ccc(-c2nc(-c3ccccc3)nc(-c3ccc(-c4ccc5cc(-n6c7ccccc7c7c(-c8nc9ccccc9s8)cccc76)ccc5c4)cc3)n2)cc1. The molecule has 5 nitrogen and oxygen atoms in total. The maximum atomic E-state index is 5.05. The third kappa shape index (κ3) is 5.54. The number of para-hydroxylation sites is 2. The first-order valence-electron chi connectivity index (χ1n) is 18.6. The summed E-state index contributed by atoms with van der Waals surface area (Å²) in [5.41, 5.74) is 10.8. The summed E-state index contributed by atoms with van der Waals surface area (Å²) in [5.74, 6) is 1.96. The Kier molecular flexibility index (Phi) is 7.60. The van der Waals surface area contributed by atoms with Gasteiger partial charge in [-0.25, -0.2) is 19.9 Å².